The van der Waals surface area contributed by atoms with E-state index in [1.165, 1.54) is 0 Å². The number of hydrogen-bond donors (Lipinski definition) is 3. The molecule has 4 saturated carbocycles. The second kappa shape index (κ2) is 2.83. The Morgan fingerprint density at radius 2 is 1.41 bits per heavy atom. The predicted molar refractivity (Wildman–Crippen MR) is 58.2 cm³/mol. The van der Waals surface area contributed by atoms with E-state index in [0.29, 0.717) is 25.7 Å². The fourth-order valence-electron chi connectivity index (χ4n) is 4.99. The van der Waals surface area contributed by atoms with Crippen LogP contribution in [0.2, 0.25) is 0 Å². The molecule has 0 aromatic heterocycles. The van der Waals surface area contributed by atoms with Crippen molar-refractivity contribution in [1.29, 1.82) is 0 Å². The minimum absolute atomic E-state index is 0.170. The minimum Gasteiger partial charge on any atom is -0.481 e. The molecule has 2 atom stereocenters. The molecule has 4 fully saturated rings. The summed E-state index contributed by atoms with van der Waals surface area (Å²) < 4.78 is 0. The molecule has 0 aromatic carbocycles. The summed E-state index contributed by atoms with van der Waals surface area (Å²) in [5.74, 6) is -1.55. The Morgan fingerprint density at radius 3 is 1.76 bits per heavy atom. The van der Waals surface area contributed by atoms with Crippen LogP contribution in [0.15, 0.2) is 0 Å². The zero-order valence-electron chi connectivity index (χ0n) is 9.61. The van der Waals surface area contributed by atoms with Gasteiger partial charge >= 0.3 is 11.9 Å². The molecule has 0 saturated heterocycles. The van der Waals surface area contributed by atoms with Crippen molar-refractivity contribution in [1.82, 2.24) is 0 Å². The Labute approximate surface area is 99.0 Å². The van der Waals surface area contributed by atoms with E-state index in [1.54, 1.807) is 0 Å². The van der Waals surface area contributed by atoms with Gasteiger partial charge < -0.3 is 15.9 Å². The lowest BCUT2D eigenvalue weighted by molar-refractivity contribution is -0.189. The maximum absolute atomic E-state index is 11.5. The highest BCUT2D eigenvalue weighted by Crippen LogP contribution is 2.66. The number of carbonyl (C=O) groups is 2. The fraction of sp³-hybridized carbons (Fsp3) is 0.833. The molecule has 4 bridgehead atoms. The number of hydrogen-bond acceptors (Lipinski definition) is 3. The third-order valence-electron chi connectivity index (χ3n) is 5.02. The van der Waals surface area contributed by atoms with E-state index in [0.717, 1.165) is 6.42 Å². The van der Waals surface area contributed by atoms with Crippen LogP contribution >= 0.6 is 0 Å². The van der Waals surface area contributed by atoms with Gasteiger partial charge in [-0.2, -0.15) is 0 Å². The van der Waals surface area contributed by atoms with E-state index < -0.39 is 28.3 Å². The van der Waals surface area contributed by atoms with Gasteiger partial charge in [-0.25, -0.2) is 0 Å². The van der Waals surface area contributed by atoms with Gasteiger partial charge in [-0.1, -0.05) is 0 Å². The van der Waals surface area contributed by atoms with Crippen molar-refractivity contribution in [2.24, 2.45) is 22.5 Å². The summed E-state index contributed by atoms with van der Waals surface area (Å²) in [6.07, 6.45) is 3.16. The molecule has 2 unspecified atom stereocenters. The molecule has 4 N–H and O–H groups in total. The Balaban J connectivity index is 2.09. The second-order valence-corrected chi connectivity index (χ2v) is 6.54. The van der Waals surface area contributed by atoms with Gasteiger partial charge in [-0.3, -0.25) is 9.59 Å². The molecule has 0 radical (unpaired) electrons. The van der Waals surface area contributed by atoms with Crippen molar-refractivity contribution in [3.63, 3.8) is 0 Å². The Kier molecular flexibility index (Phi) is 1.83. The van der Waals surface area contributed by atoms with E-state index in [9.17, 15) is 19.8 Å². The van der Waals surface area contributed by atoms with Gasteiger partial charge in [-0.05, 0) is 44.4 Å². The summed E-state index contributed by atoms with van der Waals surface area (Å²) in [5, 5.41) is 18.9. The lowest BCUT2D eigenvalue weighted by Gasteiger charge is -2.62. The number of rotatable bonds is 2. The lowest BCUT2D eigenvalue weighted by Crippen LogP contribution is -2.67. The summed E-state index contributed by atoms with van der Waals surface area (Å²) in [7, 11) is 0. The first-order valence-electron chi connectivity index (χ1n) is 6.05. The molecule has 5 heteroatoms. The second-order valence-electron chi connectivity index (χ2n) is 6.54. The van der Waals surface area contributed by atoms with Gasteiger partial charge in [0.05, 0.1) is 10.8 Å². The molecule has 0 heterocycles. The maximum atomic E-state index is 11.5. The maximum Gasteiger partial charge on any atom is 0.309 e. The van der Waals surface area contributed by atoms with Crippen LogP contribution in [0, 0.1) is 16.7 Å². The van der Waals surface area contributed by atoms with Crippen molar-refractivity contribution in [2.45, 2.75) is 44.1 Å². The molecule has 17 heavy (non-hydrogen) atoms. The Hall–Kier alpha value is -1.10. The average Bonchev–Trinajstić information content (AvgIpc) is 2.12. The van der Waals surface area contributed by atoms with Crippen LogP contribution in [-0.4, -0.2) is 27.7 Å². The summed E-state index contributed by atoms with van der Waals surface area (Å²) >= 11 is 0. The Bertz CT molecular complexity index is 389. The van der Waals surface area contributed by atoms with Gasteiger partial charge in [0.15, 0.2) is 0 Å². The summed E-state index contributed by atoms with van der Waals surface area (Å²) in [5.41, 5.74) is 3.90. The third kappa shape index (κ3) is 1.29. The van der Waals surface area contributed by atoms with Crippen molar-refractivity contribution >= 4 is 11.9 Å². The van der Waals surface area contributed by atoms with Crippen molar-refractivity contribution in [3.8, 4) is 0 Å². The molecule has 94 valence electrons. The number of carboxylic acid groups (broad SMARTS) is 2. The summed E-state index contributed by atoms with van der Waals surface area (Å²) in [4.78, 5) is 23.0. The molecule has 4 aliphatic rings. The average molecular weight is 239 g/mol. The largest absolute Gasteiger partial charge is 0.481 e. The Morgan fingerprint density at radius 1 is 0.941 bits per heavy atom. The van der Waals surface area contributed by atoms with E-state index in [2.05, 4.69) is 0 Å². The molecule has 0 amide bonds. The number of aliphatic carboxylic acids is 2. The number of nitrogens with two attached hydrogens (primary N) is 1. The molecule has 0 spiro atoms. The topological polar surface area (TPSA) is 101 Å². The van der Waals surface area contributed by atoms with Gasteiger partial charge in [0, 0.05) is 5.54 Å². The fourth-order valence-corrected chi connectivity index (χ4v) is 4.99. The molecule has 4 rings (SSSR count). The zero-order chi connectivity index (χ0) is 12.5. The molecule has 5 nitrogen and oxygen atoms in total. The molecular weight excluding hydrogens is 222 g/mol. The van der Waals surface area contributed by atoms with Crippen molar-refractivity contribution in [3.05, 3.63) is 0 Å². The minimum atomic E-state index is -0.882. The smallest absolute Gasteiger partial charge is 0.309 e. The molecule has 0 aromatic rings. The van der Waals surface area contributed by atoms with Crippen molar-refractivity contribution in [2.75, 3.05) is 0 Å². The van der Waals surface area contributed by atoms with Crippen LogP contribution in [-0.2, 0) is 9.59 Å². The van der Waals surface area contributed by atoms with Crippen LogP contribution in [0.1, 0.15) is 38.5 Å². The number of carboxylic acids is 2. The van der Waals surface area contributed by atoms with E-state index in [1.807, 2.05) is 0 Å². The summed E-state index contributed by atoms with van der Waals surface area (Å²) in [6.45, 7) is 0. The highest BCUT2D eigenvalue weighted by Gasteiger charge is 2.67. The standard InChI is InChI=1S/C12H17NO4/c13-12-3-7-1-10(5-12,8(14)15)4-11(2-7,6-12)9(16)17/h7H,1-6,13H2,(H,14,15)(H,16,17). The van der Waals surface area contributed by atoms with E-state index in [-0.39, 0.29) is 12.3 Å². The predicted octanol–water partition coefficient (Wildman–Crippen LogP) is 0.823. The summed E-state index contributed by atoms with van der Waals surface area (Å²) in [6, 6.07) is 0. The first-order chi connectivity index (χ1) is 7.79. The van der Waals surface area contributed by atoms with Gasteiger partial charge in [0.2, 0.25) is 0 Å². The van der Waals surface area contributed by atoms with E-state index in [4.69, 9.17) is 5.73 Å². The highest BCUT2D eigenvalue weighted by molar-refractivity contribution is 5.81. The zero-order valence-corrected chi connectivity index (χ0v) is 9.61. The first-order valence-corrected chi connectivity index (χ1v) is 6.05. The van der Waals surface area contributed by atoms with Crippen LogP contribution in [0.5, 0.6) is 0 Å². The quantitative estimate of drug-likeness (QED) is 0.662. The van der Waals surface area contributed by atoms with Gasteiger partial charge in [0.25, 0.3) is 0 Å². The molecular formula is C12H17NO4. The van der Waals surface area contributed by atoms with Crippen LogP contribution in [0.4, 0.5) is 0 Å². The third-order valence-corrected chi connectivity index (χ3v) is 5.02. The van der Waals surface area contributed by atoms with Crippen LogP contribution in [0.25, 0.3) is 0 Å². The van der Waals surface area contributed by atoms with Gasteiger partial charge in [0.1, 0.15) is 0 Å². The lowest BCUT2D eigenvalue weighted by atomic mass is 9.42. The normalized spacial score (nSPS) is 51.5. The van der Waals surface area contributed by atoms with Gasteiger partial charge in [-0.15, -0.1) is 0 Å². The SMILES string of the molecule is NC12CC3CC(C(=O)O)(C1)CC(C(=O)O)(C3)C2. The van der Waals surface area contributed by atoms with Crippen molar-refractivity contribution < 1.29 is 19.8 Å². The van der Waals surface area contributed by atoms with E-state index >= 15 is 0 Å². The van der Waals surface area contributed by atoms with Crippen LogP contribution < -0.4 is 5.73 Å². The van der Waals surface area contributed by atoms with Crippen LogP contribution in [0.3, 0.4) is 0 Å². The monoisotopic (exact) mass is 239 g/mol. The highest BCUT2D eigenvalue weighted by atomic mass is 16.4. The molecule has 4 aliphatic carbocycles. The first kappa shape index (κ1) is 11.0. The molecule has 0 aliphatic heterocycles.